The molecule has 22 heavy (non-hydrogen) atoms. The van der Waals surface area contributed by atoms with E-state index in [1.165, 1.54) is 0 Å². The number of nitrogens with two attached hydrogens (primary N) is 1. The lowest BCUT2D eigenvalue weighted by Crippen LogP contribution is -2.44. The first-order chi connectivity index (χ1) is 10.6. The van der Waals surface area contributed by atoms with Crippen LogP contribution in [0.4, 0.5) is 11.4 Å². The Bertz CT molecular complexity index is 621. The first kappa shape index (κ1) is 14.9. The van der Waals surface area contributed by atoms with Crippen LogP contribution < -0.4 is 10.6 Å². The van der Waals surface area contributed by atoms with Crippen LogP contribution in [0, 0.1) is 0 Å². The van der Waals surface area contributed by atoms with Crippen LogP contribution in [0.15, 0.2) is 48.5 Å². The van der Waals surface area contributed by atoms with Gasteiger partial charge in [0.05, 0.1) is 11.4 Å². The topological polar surface area (TPSA) is 52.7 Å². The molecule has 0 bridgehead atoms. The molecule has 3 N–H and O–H groups in total. The number of likely N-dealkylation sites (N-methyl/N-ethyl adjacent to an activating group) is 1. The average molecular weight is 297 g/mol. The summed E-state index contributed by atoms with van der Waals surface area (Å²) in [4.78, 5) is 4.63. The van der Waals surface area contributed by atoms with Crippen molar-refractivity contribution in [3.05, 3.63) is 59.7 Å². The highest BCUT2D eigenvalue weighted by Gasteiger charge is 2.18. The Morgan fingerprint density at radius 3 is 2.27 bits per heavy atom. The van der Waals surface area contributed by atoms with Gasteiger partial charge in [-0.25, -0.2) is 0 Å². The summed E-state index contributed by atoms with van der Waals surface area (Å²) in [5.74, 6) is 0. The quantitative estimate of drug-likeness (QED) is 0.852. The van der Waals surface area contributed by atoms with E-state index in [-0.39, 0.29) is 0 Å². The summed E-state index contributed by atoms with van der Waals surface area (Å²) in [5.41, 5.74) is 9.75. The lowest BCUT2D eigenvalue weighted by molar-refractivity contribution is 0.220. The molecule has 1 atom stereocenters. The van der Waals surface area contributed by atoms with E-state index in [2.05, 4.69) is 16.8 Å². The van der Waals surface area contributed by atoms with Crippen molar-refractivity contribution < 1.29 is 5.11 Å². The molecule has 2 aromatic carbocycles. The Labute approximate surface area is 131 Å². The van der Waals surface area contributed by atoms with Gasteiger partial charge in [-0.1, -0.05) is 36.4 Å². The second-order valence-corrected chi connectivity index (χ2v) is 5.92. The summed E-state index contributed by atoms with van der Waals surface area (Å²) in [6.07, 6.45) is -0.634. The molecule has 1 unspecified atom stereocenters. The van der Waals surface area contributed by atoms with Crippen molar-refractivity contribution in [1.29, 1.82) is 0 Å². The fourth-order valence-corrected chi connectivity index (χ4v) is 2.91. The van der Waals surface area contributed by atoms with Crippen LogP contribution >= 0.6 is 0 Å². The van der Waals surface area contributed by atoms with E-state index in [4.69, 9.17) is 5.73 Å². The summed E-state index contributed by atoms with van der Waals surface area (Å²) in [7, 11) is 2.14. The molecule has 0 amide bonds. The molecule has 3 rings (SSSR count). The summed E-state index contributed by atoms with van der Waals surface area (Å²) < 4.78 is 0. The lowest BCUT2D eigenvalue weighted by Gasteiger charge is -2.34. The third-order valence-corrected chi connectivity index (χ3v) is 4.33. The second kappa shape index (κ2) is 6.38. The monoisotopic (exact) mass is 297 g/mol. The summed E-state index contributed by atoms with van der Waals surface area (Å²) in [5, 5.41) is 10.5. The van der Waals surface area contributed by atoms with Crippen molar-refractivity contribution in [1.82, 2.24) is 4.90 Å². The molecule has 2 aromatic rings. The Balaban J connectivity index is 1.80. The molecule has 0 aromatic heterocycles. The molecular formula is C18H23N3O. The van der Waals surface area contributed by atoms with Crippen molar-refractivity contribution in [2.45, 2.75) is 6.10 Å². The van der Waals surface area contributed by atoms with Gasteiger partial charge in [-0.2, -0.15) is 0 Å². The van der Waals surface area contributed by atoms with Crippen LogP contribution in [-0.2, 0) is 0 Å². The second-order valence-electron chi connectivity index (χ2n) is 5.92. The third kappa shape index (κ3) is 3.08. The van der Waals surface area contributed by atoms with Crippen LogP contribution in [0.3, 0.4) is 0 Å². The Kier molecular flexibility index (Phi) is 4.32. The molecule has 1 heterocycles. The maximum absolute atomic E-state index is 10.5. The molecular weight excluding hydrogens is 274 g/mol. The normalized spacial score (nSPS) is 17.5. The summed E-state index contributed by atoms with van der Waals surface area (Å²) in [6.45, 7) is 4.07. The van der Waals surface area contributed by atoms with Gasteiger partial charge < -0.3 is 20.6 Å². The van der Waals surface area contributed by atoms with Crippen LogP contribution in [-0.4, -0.2) is 43.2 Å². The SMILES string of the molecule is CN1CCN(c2ccc(C(O)c3ccccc3)cc2N)CC1. The number of anilines is 2. The Hall–Kier alpha value is -2.04. The van der Waals surface area contributed by atoms with Gasteiger partial charge in [0.25, 0.3) is 0 Å². The van der Waals surface area contributed by atoms with Crippen molar-refractivity contribution >= 4 is 11.4 Å². The van der Waals surface area contributed by atoms with Gasteiger partial charge in [0, 0.05) is 26.2 Å². The number of benzene rings is 2. The number of nitrogens with zero attached hydrogens (tertiary/aromatic N) is 2. The van der Waals surface area contributed by atoms with Gasteiger partial charge in [-0.15, -0.1) is 0 Å². The number of aliphatic hydroxyl groups is 1. The molecule has 116 valence electrons. The van der Waals surface area contributed by atoms with E-state index >= 15 is 0 Å². The minimum Gasteiger partial charge on any atom is -0.397 e. The van der Waals surface area contributed by atoms with Gasteiger partial charge in [0.15, 0.2) is 0 Å². The molecule has 4 heteroatoms. The Morgan fingerprint density at radius 2 is 1.64 bits per heavy atom. The van der Waals surface area contributed by atoms with Crippen molar-refractivity contribution in [2.75, 3.05) is 43.9 Å². The number of piperazine rings is 1. The van der Waals surface area contributed by atoms with E-state index in [1.807, 2.05) is 48.5 Å². The van der Waals surface area contributed by atoms with Gasteiger partial charge in [0.1, 0.15) is 6.10 Å². The van der Waals surface area contributed by atoms with Gasteiger partial charge in [-0.05, 0) is 30.3 Å². The fourth-order valence-electron chi connectivity index (χ4n) is 2.91. The summed E-state index contributed by atoms with van der Waals surface area (Å²) >= 11 is 0. The van der Waals surface area contributed by atoms with Crippen molar-refractivity contribution in [3.63, 3.8) is 0 Å². The maximum Gasteiger partial charge on any atom is 0.104 e. The number of hydrogen-bond donors (Lipinski definition) is 2. The van der Waals surface area contributed by atoms with Crippen LogP contribution in [0.2, 0.25) is 0 Å². The molecule has 1 aliphatic rings. The number of nitrogen functional groups attached to an aromatic ring is 1. The number of rotatable bonds is 3. The zero-order valence-corrected chi connectivity index (χ0v) is 12.9. The van der Waals surface area contributed by atoms with E-state index in [1.54, 1.807) is 0 Å². The standard InChI is InChI=1S/C18H23N3O/c1-20-9-11-21(12-10-20)17-8-7-15(13-16(17)19)18(22)14-5-3-2-4-6-14/h2-8,13,18,22H,9-12,19H2,1H3. The largest absolute Gasteiger partial charge is 0.397 e. The maximum atomic E-state index is 10.5. The van der Waals surface area contributed by atoms with Gasteiger partial charge >= 0.3 is 0 Å². The molecule has 1 saturated heterocycles. The molecule has 4 nitrogen and oxygen atoms in total. The predicted octanol–water partition coefficient (Wildman–Crippen LogP) is 2.10. The van der Waals surface area contributed by atoms with E-state index < -0.39 is 6.10 Å². The van der Waals surface area contributed by atoms with Gasteiger partial charge in [-0.3, -0.25) is 0 Å². The van der Waals surface area contributed by atoms with Crippen molar-refractivity contribution in [3.8, 4) is 0 Å². The highest BCUT2D eigenvalue weighted by molar-refractivity contribution is 5.69. The first-order valence-electron chi connectivity index (χ1n) is 7.71. The number of aliphatic hydroxyl groups excluding tert-OH is 1. The molecule has 0 radical (unpaired) electrons. The van der Waals surface area contributed by atoms with E-state index in [0.717, 1.165) is 48.7 Å². The highest BCUT2D eigenvalue weighted by Crippen LogP contribution is 2.30. The first-order valence-corrected chi connectivity index (χ1v) is 7.71. The van der Waals surface area contributed by atoms with Crippen LogP contribution in [0.1, 0.15) is 17.2 Å². The zero-order chi connectivity index (χ0) is 15.5. The fraction of sp³-hybridized carbons (Fsp3) is 0.333. The lowest BCUT2D eigenvalue weighted by atomic mass is 10.0. The van der Waals surface area contributed by atoms with Crippen molar-refractivity contribution in [2.24, 2.45) is 0 Å². The smallest absolute Gasteiger partial charge is 0.104 e. The van der Waals surface area contributed by atoms with Crippen LogP contribution in [0.25, 0.3) is 0 Å². The minimum atomic E-state index is -0.634. The highest BCUT2D eigenvalue weighted by atomic mass is 16.3. The predicted molar refractivity (Wildman–Crippen MR) is 91.1 cm³/mol. The Morgan fingerprint density at radius 1 is 0.955 bits per heavy atom. The molecule has 0 spiro atoms. The van der Waals surface area contributed by atoms with Gasteiger partial charge in [0.2, 0.25) is 0 Å². The third-order valence-electron chi connectivity index (χ3n) is 4.33. The molecule has 1 fully saturated rings. The summed E-state index contributed by atoms with van der Waals surface area (Å²) in [6, 6.07) is 15.6. The molecule has 1 aliphatic heterocycles. The van der Waals surface area contributed by atoms with E-state index in [9.17, 15) is 5.11 Å². The minimum absolute atomic E-state index is 0.634. The number of hydrogen-bond acceptors (Lipinski definition) is 4. The van der Waals surface area contributed by atoms with Crippen LogP contribution in [0.5, 0.6) is 0 Å². The van der Waals surface area contributed by atoms with E-state index in [0.29, 0.717) is 0 Å². The zero-order valence-electron chi connectivity index (χ0n) is 12.9. The average Bonchev–Trinajstić information content (AvgIpc) is 2.56. The molecule has 0 aliphatic carbocycles. The molecule has 0 saturated carbocycles.